The zero-order chi connectivity index (χ0) is 17.4. The summed E-state index contributed by atoms with van der Waals surface area (Å²) in [5.74, 6) is 0.452. The first-order valence-corrected chi connectivity index (χ1v) is 9.21. The molecule has 1 amide bonds. The maximum atomic E-state index is 13.3. The number of thioether (sulfide) groups is 1. The number of amides is 1. The van der Waals surface area contributed by atoms with Crippen LogP contribution in [0.15, 0.2) is 35.9 Å². The Morgan fingerprint density at radius 2 is 2.17 bits per heavy atom. The van der Waals surface area contributed by atoms with Crippen LogP contribution in [-0.4, -0.2) is 28.5 Å². The third kappa shape index (κ3) is 6.00. The first-order chi connectivity index (χ1) is 11.6. The normalized spacial score (nSPS) is 14.7. The van der Waals surface area contributed by atoms with Gasteiger partial charge in [0.15, 0.2) is 0 Å². The Labute approximate surface area is 146 Å². The van der Waals surface area contributed by atoms with Crippen molar-refractivity contribution in [1.29, 1.82) is 0 Å². The van der Waals surface area contributed by atoms with Gasteiger partial charge >= 0.3 is 0 Å². The summed E-state index contributed by atoms with van der Waals surface area (Å²) in [7, 11) is 0. The average molecular weight is 350 g/mol. The van der Waals surface area contributed by atoms with Crippen LogP contribution in [-0.2, 0) is 9.59 Å². The molecule has 6 heteroatoms. The van der Waals surface area contributed by atoms with E-state index in [4.69, 9.17) is 0 Å². The number of carbonyl (C=O) groups excluding carboxylic acids is 2. The summed E-state index contributed by atoms with van der Waals surface area (Å²) >= 11 is 1.65. The highest BCUT2D eigenvalue weighted by Crippen LogP contribution is 2.22. The molecule has 1 aromatic carbocycles. The minimum Gasteiger partial charge on any atom is -0.356 e. The van der Waals surface area contributed by atoms with Gasteiger partial charge < -0.3 is 15.0 Å². The number of hydrogen-bond acceptors (Lipinski definition) is 4. The lowest BCUT2D eigenvalue weighted by Crippen LogP contribution is -2.40. The zero-order valence-corrected chi connectivity index (χ0v) is 14.7. The summed E-state index contributed by atoms with van der Waals surface area (Å²) in [6.07, 6.45) is 5.90. The van der Waals surface area contributed by atoms with Gasteiger partial charge in [0.05, 0.1) is 5.88 Å². The van der Waals surface area contributed by atoms with Crippen molar-refractivity contribution in [2.24, 2.45) is 0 Å². The molecule has 130 valence electrons. The highest BCUT2D eigenvalue weighted by molar-refractivity contribution is 8.02. The molecule has 0 unspecified atom stereocenters. The van der Waals surface area contributed by atoms with Crippen molar-refractivity contribution in [2.75, 3.05) is 11.2 Å². The van der Waals surface area contributed by atoms with Crippen molar-refractivity contribution in [3.8, 4) is 0 Å². The largest absolute Gasteiger partial charge is 0.356 e. The molecular weight excluding hydrogens is 327 g/mol. The fourth-order valence-electron chi connectivity index (χ4n) is 2.61. The Hall–Kier alpha value is -1.82. The molecule has 0 aromatic heterocycles. The van der Waals surface area contributed by atoms with E-state index < -0.39 is 0 Å². The van der Waals surface area contributed by atoms with Crippen LogP contribution in [0.5, 0.6) is 0 Å². The number of nitrogens with zero attached hydrogens (tertiary/aromatic N) is 1. The van der Waals surface area contributed by atoms with Crippen LogP contribution in [0.4, 0.5) is 10.1 Å². The van der Waals surface area contributed by atoms with Gasteiger partial charge in [-0.1, -0.05) is 18.9 Å². The maximum absolute atomic E-state index is 13.3. The lowest BCUT2D eigenvalue weighted by Gasteiger charge is -2.26. The van der Waals surface area contributed by atoms with E-state index in [0.29, 0.717) is 18.5 Å². The van der Waals surface area contributed by atoms with Crippen LogP contribution < -0.4 is 5.32 Å². The second kappa shape index (κ2) is 9.47. The molecule has 0 fully saturated rings. The lowest BCUT2D eigenvalue weighted by atomic mass is 10.0. The molecule has 1 atom stereocenters. The third-order valence-electron chi connectivity index (χ3n) is 3.87. The van der Waals surface area contributed by atoms with E-state index in [9.17, 15) is 14.0 Å². The minimum atomic E-state index is -0.370. The van der Waals surface area contributed by atoms with Crippen LogP contribution in [0.25, 0.3) is 0 Å². The Morgan fingerprint density at radius 1 is 1.33 bits per heavy atom. The van der Waals surface area contributed by atoms with E-state index in [1.807, 2.05) is 16.5 Å². The molecular formula is C18H23FN2O2S. The van der Waals surface area contributed by atoms with Gasteiger partial charge in [-0.2, -0.15) is 0 Å². The van der Waals surface area contributed by atoms with Crippen molar-refractivity contribution < 1.29 is 14.0 Å². The van der Waals surface area contributed by atoms with Crippen LogP contribution in [0, 0.1) is 5.82 Å². The van der Waals surface area contributed by atoms with Crippen LogP contribution in [0.1, 0.15) is 39.0 Å². The van der Waals surface area contributed by atoms with Gasteiger partial charge in [0.1, 0.15) is 17.6 Å². The first-order valence-electron chi connectivity index (χ1n) is 8.16. The van der Waals surface area contributed by atoms with Crippen molar-refractivity contribution in [3.05, 3.63) is 41.7 Å². The molecule has 1 aliphatic heterocycles. The highest BCUT2D eigenvalue weighted by atomic mass is 32.2. The average Bonchev–Trinajstić information content (AvgIpc) is 3.04. The number of ketones is 1. The second-order valence-electron chi connectivity index (χ2n) is 5.91. The Balaban J connectivity index is 1.91. The summed E-state index contributed by atoms with van der Waals surface area (Å²) < 4.78 is 13.3. The van der Waals surface area contributed by atoms with Crippen LogP contribution >= 0.6 is 11.8 Å². The SMILES string of the molecule is CC(=O)CCCCC[C@@H](C(=O)Nc1cccc(F)c1)N1C=CSC1. The van der Waals surface area contributed by atoms with Gasteiger partial charge in [-0.3, -0.25) is 4.79 Å². The molecule has 0 saturated heterocycles. The second-order valence-corrected chi connectivity index (χ2v) is 6.78. The van der Waals surface area contributed by atoms with E-state index in [1.165, 1.54) is 12.1 Å². The predicted octanol–water partition coefficient (Wildman–Crippen LogP) is 4.15. The first kappa shape index (κ1) is 18.5. The number of rotatable bonds is 9. The van der Waals surface area contributed by atoms with Gasteiger partial charge in [0, 0.05) is 18.3 Å². The number of unbranched alkanes of at least 4 members (excludes halogenated alkanes) is 2. The van der Waals surface area contributed by atoms with Gasteiger partial charge in [0.25, 0.3) is 0 Å². The number of nitrogens with one attached hydrogen (secondary N) is 1. The predicted molar refractivity (Wildman–Crippen MR) is 96.0 cm³/mol. The molecule has 0 aliphatic carbocycles. The number of carbonyl (C=O) groups is 2. The van der Waals surface area contributed by atoms with E-state index >= 15 is 0 Å². The van der Waals surface area contributed by atoms with Gasteiger partial charge in [-0.15, -0.1) is 11.8 Å². The summed E-state index contributed by atoms with van der Waals surface area (Å²) in [4.78, 5) is 25.6. The third-order valence-corrected chi connectivity index (χ3v) is 4.64. The Bertz CT molecular complexity index is 606. The minimum absolute atomic E-state index is 0.126. The zero-order valence-electron chi connectivity index (χ0n) is 13.8. The molecule has 0 radical (unpaired) electrons. The summed E-state index contributed by atoms with van der Waals surface area (Å²) in [5, 5.41) is 4.77. The molecule has 0 spiro atoms. The van der Waals surface area contributed by atoms with E-state index in [0.717, 1.165) is 25.1 Å². The summed E-state index contributed by atoms with van der Waals surface area (Å²) in [6, 6.07) is 5.64. The van der Waals surface area contributed by atoms with E-state index in [1.54, 1.807) is 30.8 Å². The molecule has 1 heterocycles. The van der Waals surface area contributed by atoms with Crippen molar-refractivity contribution in [1.82, 2.24) is 4.90 Å². The van der Waals surface area contributed by atoms with Crippen LogP contribution in [0.3, 0.4) is 0 Å². The Morgan fingerprint density at radius 3 is 2.83 bits per heavy atom. The molecule has 0 saturated carbocycles. The van der Waals surface area contributed by atoms with E-state index in [2.05, 4.69) is 5.32 Å². The molecule has 1 N–H and O–H groups in total. The topological polar surface area (TPSA) is 49.4 Å². The monoisotopic (exact) mass is 350 g/mol. The van der Waals surface area contributed by atoms with Crippen molar-refractivity contribution in [3.63, 3.8) is 0 Å². The molecule has 24 heavy (non-hydrogen) atoms. The molecule has 1 aliphatic rings. The fourth-order valence-corrected chi connectivity index (χ4v) is 3.38. The summed E-state index contributed by atoms with van der Waals surface area (Å²) in [6.45, 7) is 1.60. The Kier molecular flexibility index (Phi) is 7.31. The number of Topliss-reactive ketones (excluding diaryl/α,β-unsaturated/α-hetero) is 1. The number of anilines is 1. The quantitative estimate of drug-likeness (QED) is 0.680. The highest BCUT2D eigenvalue weighted by Gasteiger charge is 2.25. The number of hydrogen-bond donors (Lipinski definition) is 1. The lowest BCUT2D eigenvalue weighted by molar-refractivity contribution is -0.120. The smallest absolute Gasteiger partial charge is 0.247 e. The number of benzene rings is 1. The molecule has 0 bridgehead atoms. The van der Waals surface area contributed by atoms with Crippen molar-refractivity contribution in [2.45, 2.75) is 45.1 Å². The van der Waals surface area contributed by atoms with E-state index in [-0.39, 0.29) is 23.5 Å². The van der Waals surface area contributed by atoms with Crippen molar-refractivity contribution >= 4 is 29.1 Å². The van der Waals surface area contributed by atoms with Gasteiger partial charge in [-0.05, 0) is 43.4 Å². The van der Waals surface area contributed by atoms with Gasteiger partial charge in [-0.25, -0.2) is 4.39 Å². The maximum Gasteiger partial charge on any atom is 0.247 e. The number of halogens is 1. The molecule has 2 rings (SSSR count). The molecule has 4 nitrogen and oxygen atoms in total. The fraction of sp³-hybridized carbons (Fsp3) is 0.444. The molecule has 1 aromatic rings. The summed E-state index contributed by atoms with van der Waals surface area (Å²) in [5.41, 5.74) is 0.470. The van der Waals surface area contributed by atoms with Crippen LogP contribution in [0.2, 0.25) is 0 Å². The van der Waals surface area contributed by atoms with Gasteiger partial charge in [0.2, 0.25) is 5.91 Å². The standard InChI is InChI=1S/C18H23FN2O2S/c1-14(22)6-3-2-4-9-17(21-10-11-24-13-21)18(23)20-16-8-5-7-15(19)12-16/h5,7-8,10-12,17H,2-4,6,9,13H2,1H3,(H,20,23)/t17-/m0/s1.